The predicted octanol–water partition coefficient (Wildman–Crippen LogP) is 5.37. The Morgan fingerprint density at radius 1 is 1.21 bits per heavy atom. The molecular weight excluding hydrogens is 343 g/mol. The van der Waals surface area contributed by atoms with Crippen LogP contribution in [0.25, 0.3) is 0 Å². The van der Waals surface area contributed by atoms with Gasteiger partial charge in [0.15, 0.2) is 0 Å². The van der Waals surface area contributed by atoms with Crippen molar-refractivity contribution in [1.29, 1.82) is 0 Å². The van der Waals surface area contributed by atoms with Gasteiger partial charge in [-0.15, -0.1) is 0 Å². The SMILES string of the molecule is CC1(I)C2=C(C=C3CCC=CC3C2)C2CC=CC[C@H]21. The van der Waals surface area contributed by atoms with Crippen molar-refractivity contribution >= 4 is 22.6 Å². The molecule has 0 heterocycles. The fourth-order valence-corrected chi connectivity index (χ4v) is 5.84. The molecule has 4 atom stereocenters. The standard InChI is InChI=1S/C18H21I/c1-18(19)16-9-5-4-8-14(16)15-10-12-6-2-3-7-13(12)11-17(15)18/h3-5,7,10,13-14,16H,2,6,8-9,11H2,1H3/t13?,14?,16-,18?/m1/s1. The van der Waals surface area contributed by atoms with E-state index in [0.29, 0.717) is 3.42 Å². The smallest absolute Gasteiger partial charge is 0.0445 e. The molecule has 0 aromatic rings. The number of hydrogen-bond acceptors (Lipinski definition) is 0. The average Bonchev–Trinajstić information content (AvgIpc) is 2.66. The summed E-state index contributed by atoms with van der Waals surface area (Å²) in [6, 6.07) is 0. The molecule has 4 aliphatic carbocycles. The Labute approximate surface area is 129 Å². The van der Waals surface area contributed by atoms with Crippen LogP contribution < -0.4 is 0 Å². The van der Waals surface area contributed by atoms with E-state index >= 15 is 0 Å². The molecule has 100 valence electrons. The number of hydrogen-bond donors (Lipinski definition) is 0. The Balaban J connectivity index is 1.79. The summed E-state index contributed by atoms with van der Waals surface area (Å²) in [4.78, 5) is 0. The van der Waals surface area contributed by atoms with E-state index < -0.39 is 0 Å². The zero-order valence-corrected chi connectivity index (χ0v) is 13.7. The first-order valence-electron chi connectivity index (χ1n) is 7.62. The summed E-state index contributed by atoms with van der Waals surface area (Å²) in [5.41, 5.74) is 5.21. The first kappa shape index (κ1) is 12.4. The summed E-state index contributed by atoms with van der Waals surface area (Å²) in [5, 5.41) is 0. The lowest BCUT2D eigenvalue weighted by Crippen LogP contribution is -2.30. The third kappa shape index (κ3) is 1.76. The van der Waals surface area contributed by atoms with Crippen molar-refractivity contribution in [3.05, 3.63) is 47.1 Å². The van der Waals surface area contributed by atoms with E-state index in [1.807, 2.05) is 0 Å². The van der Waals surface area contributed by atoms with Gasteiger partial charge in [0.25, 0.3) is 0 Å². The van der Waals surface area contributed by atoms with Crippen LogP contribution >= 0.6 is 22.6 Å². The average molecular weight is 364 g/mol. The molecule has 0 aliphatic heterocycles. The number of halogens is 1. The quantitative estimate of drug-likeness (QED) is 0.308. The maximum Gasteiger partial charge on any atom is 0.0445 e. The van der Waals surface area contributed by atoms with Crippen LogP contribution in [0.1, 0.15) is 39.0 Å². The summed E-state index contributed by atoms with van der Waals surface area (Å²) in [7, 11) is 0. The fourth-order valence-electron chi connectivity index (χ4n) is 4.62. The number of alkyl halides is 1. The minimum absolute atomic E-state index is 0.385. The molecule has 4 aliphatic rings. The van der Waals surface area contributed by atoms with Gasteiger partial charge in [-0.25, -0.2) is 0 Å². The molecule has 0 nitrogen and oxygen atoms in total. The van der Waals surface area contributed by atoms with E-state index in [4.69, 9.17) is 0 Å². The van der Waals surface area contributed by atoms with E-state index in [-0.39, 0.29) is 0 Å². The lowest BCUT2D eigenvalue weighted by Gasteiger charge is -2.34. The topological polar surface area (TPSA) is 0 Å². The molecule has 0 amide bonds. The highest BCUT2D eigenvalue weighted by Gasteiger charge is 2.49. The highest BCUT2D eigenvalue weighted by molar-refractivity contribution is 14.1. The van der Waals surface area contributed by atoms with Crippen LogP contribution in [0.4, 0.5) is 0 Å². The summed E-state index contributed by atoms with van der Waals surface area (Å²) >= 11 is 2.75. The van der Waals surface area contributed by atoms with Crippen LogP contribution in [0.2, 0.25) is 0 Å². The van der Waals surface area contributed by atoms with Gasteiger partial charge in [-0.3, -0.25) is 0 Å². The highest BCUT2D eigenvalue weighted by atomic mass is 127. The maximum atomic E-state index is 2.75. The minimum atomic E-state index is 0.385. The monoisotopic (exact) mass is 364 g/mol. The van der Waals surface area contributed by atoms with Crippen LogP contribution in [0, 0.1) is 17.8 Å². The molecule has 0 saturated carbocycles. The van der Waals surface area contributed by atoms with Crippen molar-refractivity contribution in [2.24, 2.45) is 17.8 Å². The maximum absolute atomic E-state index is 2.75. The summed E-state index contributed by atoms with van der Waals surface area (Å²) < 4.78 is 0.385. The Hall–Kier alpha value is -0.310. The van der Waals surface area contributed by atoms with Crippen LogP contribution in [-0.2, 0) is 0 Å². The van der Waals surface area contributed by atoms with Crippen molar-refractivity contribution < 1.29 is 0 Å². The number of allylic oxidation sites excluding steroid dienone is 8. The third-order valence-electron chi connectivity index (χ3n) is 5.68. The van der Waals surface area contributed by atoms with E-state index in [1.165, 1.54) is 32.1 Å². The summed E-state index contributed by atoms with van der Waals surface area (Å²) in [5.74, 6) is 2.36. The second-order valence-corrected chi connectivity index (χ2v) is 8.90. The molecule has 0 saturated heterocycles. The fraction of sp³-hybridized carbons (Fsp3) is 0.556. The highest BCUT2D eigenvalue weighted by Crippen LogP contribution is 2.58. The van der Waals surface area contributed by atoms with Crippen molar-refractivity contribution in [3.8, 4) is 0 Å². The van der Waals surface area contributed by atoms with Gasteiger partial charge in [0.05, 0.1) is 0 Å². The predicted molar refractivity (Wildman–Crippen MR) is 89.4 cm³/mol. The van der Waals surface area contributed by atoms with Gasteiger partial charge < -0.3 is 0 Å². The van der Waals surface area contributed by atoms with Crippen LogP contribution in [-0.4, -0.2) is 3.42 Å². The molecule has 0 bridgehead atoms. The van der Waals surface area contributed by atoms with Gasteiger partial charge in [-0.2, -0.15) is 0 Å². The van der Waals surface area contributed by atoms with Crippen LogP contribution in [0.5, 0.6) is 0 Å². The lowest BCUT2D eigenvalue weighted by molar-refractivity contribution is 0.366. The first-order valence-corrected chi connectivity index (χ1v) is 8.70. The van der Waals surface area contributed by atoms with E-state index in [1.54, 1.807) is 16.7 Å². The third-order valence-corrected chi connectivity index (χ3v) is 7.13. The van der Waals surface area contributed by atoms with Gasteiger partial charge in [0.1, 0.15) is 0 Å². The van der Waals surface area contributed by atoms with E-state index in [2.05, 4.69) is 59.9 Å². The van der Waals surface area contributed by atoms with Crippen LogP contribution in [0.15, 0.2) is 47.1 Å². The molecule has 0 fully saturated rings. The summed E-state index contributed by atoms with van der Waals surface area (Å²) in [6.45, 7) is 2.48. The molecule has 0 spiro atoms. The largest absolute Gasteiger partial charge is 0.0882 e. The molecule has 3 unspecified atom stereocenters. The molecule has 0 N–H and O–H groups in total. The van der Waals surface area contributed by atoms with Gasteiger partial charge >= 0.3 is 0 Å². The normalized spacial score (nSPS) is 43.7. The van der Waals surface area contributed by atoms with Crippen molar-refractivity contribution in [2.45, 2.75) is 42.4 Å². The van der Waals surface area contributed by atoms with Crippen LogP contribution in [0.3, 0.4) is 0 Å². The molecule has 1 heteroatoms. The van der Waals surface area contributed by atoms with E-state index in [0.717, 1.165) is 17.8 Å². The molecular formula is C18H21I. The van der Waals surface area contributed by atoms with Gasteiger partial charge in [0.2, 0.25) is 0 Å². The summed E-state index contributed by atoms with van der Waals surface area (Å²) in [6.07, 6.45) is 18.7. The second kappa shape index (κ2) is 4.34. The van der Waals surface area contributed by atoms with Gasteiger partial charge in [-0.1, -0.05) is 58.5 Å². The van der Waals surface area contributed by atoms with Crippen molar-refractivity contribution in [3.63, 3.8) is 0 Å². The Morgan fingerprint density at radius 3 is 2.95 bits per heavy atom. The molecule has 4 rings (SSSR count). The Morgan fingerprint density at radius 2 is 2.05 bits per heavy atom. The van der Waals surface area contributed by atoms with Crippen molar-refractivity contribution in [2.75, 3.05) is 0 Å². The molecule has 0 aromatic carbocycles. The Kier molecular flexibility index (Phi) is 2.84. The molecule has 0 radical (unpaired) electrons. The first-order chi connectivity index (χ1) is 9.18. The van der Waals surface area contributed by atoms with E-state index in [9.17, 15) is 0 Å². The molecule has 0 aromatic heterocycles. The molecule has 19 heavy (non-hydrogen) atoms. The van der Waals surface area contributed by atoms with Gasteiger partial charge in [-0.05, 0) is 62.0 Å². The second-order valence-electron chi connectivity index (χ2n) is 6.66. The lowest BCUT2D eigenvalue weighted by atomic mass is 9.77. The zero-order chi connectivity index (χ0) is 13.0. The zero-order valence-electron chi connectivity index (χ0n) is 11.5. The Bertz CT molecular complexity index is 530. The van der Waals surface area contributed by atoms with Crippen molar-refractivity contribution in [1.82, 2.24) is 0 Å². The number of fused-ring (bicyclic) bond motifs is 3. The minimum Gasteiger partial charge on any atom is -0.0882 e. The van der Waals surface area contributed by atoms with Gasteiger partial charge in [0, 0.05) is 9.34 Å². The number of rotatable bonds is 0.